The minimum Gasteiger partial charge on any atom is -0.390 e. The molecule has 0 saturated carbocycles. The molecule has 2 aromatic heterocycles. The van der Waals surface area contributed by atoms with Gasteiger partial charge in [-0.15, -0.1) is 0 Å². The van der Waals surface area contributed by atoms with E-state index in [1.54, 1.807) is 0 Å². The Kier molecular flexibility index (Phi) is 10.4. The molecule has 0 bridgehead atoms. The molecular formula is C21H34N10O6. The van der Waals surface area contributed by atoms with Gasteiger partial charge in [0, 0.05) is 23.9 Å². The Morgan fingerprint density at radius 1 is 0.838 bits per heavy atom. The van der Waals surface area contributed by atoms with Gasteiger partial charge in [-0.3, -0.25) is 0 Å². The van der Waals surface area contributed by atoms with Crippen molar-refractivity contribution in [1.82, 2.24) is 29.7 Å². The zero-order chi connectivity index (χ0) is 27.6. The Balaban J connectivity index is 1.80. The van der Waals surface area contributed by atoms with Crippen LogP contribution < -0.4 is 10.6 Å². The fourth-order valence-electron chi connectivity index (χ4n) is 4.05. The van der Waals surface area contributed by atoms with E-state index in [9.17, 15) is 30.0 Å². The van der Waals surface area contributed by atoms with E-state index in [4.69, 9.17) is 0 Å². The monoisotopic (exact) mass is 522 g/mol. The molecule has 204 valence electrons. The average molecular weight is 523 g/mol. The van der Waals surface area contributed by atoms with Crippen LogP contribution in [0.5, 0.6) is 0 Å². The summed E-state index contributed by atoms with van der Waals surface area (Å²) < 4.78 is 2.76. The SMILES string of the molecule is CC(C)(NCCCNC(C)(C)C(CCn1ccnc1[N+](=O)[O-])N=O)C(CCn1ccnc1[N+](=O)[O-])N=O. The van der Waals surface area contributed by atoms with Gasteiger partial charge < -0.3 is 30.9 Å². The normalized spacial score (nSPS) is 13.7. The number of nitro groups is 2. The molecule has 37 heavy (non-hydrogen) atoms. The number of nitrogens with one attached hydrogen (secondary N) is 2. The fourth-order valence-corrected chi connectivity index (χ4v) is 4.05. The van der Waals surface area contributed by atoms with Crippen LogP contribution in [-0.2, 0) is 13.1 Å². The van der Waals surface area contributed by atoms with Crippen LogP contribution in [0.15, 0.2) is 35.1 Å². The van der Waals surface area contributed by atoms with Crippen LogP contribution in [0.1, 0.15) is 47.0 Å². The van der Waals surface area contributed by atoms with Gasteiger partial charge in [0.05, 0.1) is 13.1 Å². The minimum absolute atomic E-state index is 0.232. The van der Waals surface area contributed by atoms with Crippen LogP contribution in [0.25, 0.3) is 0 Å². The van der Waals surface area contributed by atoms with Crippen LogP contribution in [0.4, 0.5) is 11.9 Å². The Labute approximate surface area is 213 Å². The highest BCUT2D eigenvalue weighted by Crippen LogP contribution is 2.20. The second kappa shape index (κ2) is 13.0. The van der Waals surface area contributed by atoms with Crippen molar-refractivity contribution in [2.75, 3.05) is 13.1 Å². The Morgan fingerprint density at radius 2 is 1.22 bits per heavy atom. The van der Waals surface area contributed by atoms with E-state index in [2.05, 4.69) is 31.0 Å². The molecule has 2 heterocycles. The third-order valence-corrected chi connectivity index (χ3v) is 6.44. The van der Waals surface area contributed by atoms with Crippen molar-refractivity contribution in [2.24, 2.45) is 10.4 Å². The van der Waals surface area contributed by atoms with Gasteiger partial charge in [-0.2, -0.15) is 9.81 Å². The predicted octanol–water partition coefficient (Wildman–Crippen LogP) is 2.77. The molecule has 0 spiro atoms. The number of nitrogens with zero attached hydrogens (tertiary/aromatic N) is 8. The van der Waals surface area contributed by atoms with Crippen molar-refractivity contribution in [3.8, 4) is 0 Å². The highest BCUT2D eigenvalue weighted by molar-refractivity contribution is 5.07. The molecular weight excluding hydrogens is 488 g/mol. The lowest BCUT2D eigenvalue weighted by molar-refractivity contribution is -0.396. The second-order valence-corrected chi connectivity index (χ2v) is 9.83. The number of rotatable bonds is 18. The Bertz CT molecular complexity index is 984. The molecule has 2 N–H and O–H groups in total. The average Bonchev–Trinajstić information content (AvgIpc) is 3.49. The smallest absolute Gasteiger partial charge is 0.390 e. The van der Waals surface area contributed by atoms with Crippen molar-refractivity contribution in [3.05, 3.63) is 54.8 Å². The van der Waals surface area contributed by atoms with Crippen molar-refractivity contribution >= 4 is 11.9 Å². The maximum absolute atomic E-state index is 11.5. The summed E-state index contributed by atoms with van der Waals surface area (Å²) in [5.41, 5.74) is -1.31. The first kappa shape index (κ1) is 29.6. The summed E-state index contributed by atoms with van der Waals surface area (Å²) in [6.45, 7) is 8.95. The molecule has 0 aromatic carbocycles. The minimum atomic E-state index is -0.654. The second-order valence-electron chi connectivity index (χ2n) is 9.83. The number of aromatic nitrogens is 4. The van der Waals surface area contributed by atoms with Crippen molar-refractivity contribution in [1.29, 1.82) is 0 Å². The number of hydrogen-bond donors (Lipinski definition) is 2. The molecule has 16 heteroatoms. The molecule has 2 aromatic rings. The van der Waals surface area contributed by atoms with E-state index >= 15 is 0 Å². The summed E-state index contributed by atoms with van der Waals surface area (Å²) in [6, 6.07) is -1.26. The number of imidazole rings is 2. The largest absolute Gasteiger partial charge is 0.434 e. The molecule has 0 aliphatic heterocycles. The molecule has 0 fully saturated rings. The first-order valence-corrected chi connectivity index (χ1v) is 11.9. The maximum atomic E-state index is 11.5. The van der Waals surface area contributed by atoms with Crippen molar-refractivity contribution in [3.63, 3.8) is 0 Å². The van der Waals surface area contributed by atoms with E-state index in [0.29, 0.717) is 32.4 Å². The van der Waals surface area contributed by atoms with Gasteiger partial charge in [0.2, 0.25) is 0 Å². The number of nitroso groups, excluding NO2 is 2. The van der Waals surface area contributed by atoms with E-state index in [1.165, 1.54) is 33.9 Å². The lowest BCUT2D eigenvalue weighted by Gasteiger charge is -2.32. The Morgan fingerprint density at radius 3 is 1.54 bits per heavy atom. The molecule has 2 rings (SSSR count). The zero-order valence-electron chi connectivity index (χ0n) is 21.4. The van der Waals surface area contributed by atoms with Crippen LogP contribution in [-0.4, -0.2) is 65.2 Å². The molecule has 2 unspecified atom stereocenters. The lowest BCUT2D eigenvalue weighted by Crippen LogP contribution is -2.51. The zero-order valence-corrected chi connectivity index (χ0v) is 21.4. The summed E-state index contributed by atoms with van der Waals surface area (Å²) in [7, 11) is 0. The summed E-state index contributed by atoms with van der Waals surface area (Å²) in [6.07, 6.45) is 6.93. The van der Waals surface area contributed by atoms with Crippen LogP contribution in [0.3, 0.4) is 0 Å². The summed E-state index contributed by atoms with van der Waals surface area (Å²) in [5.74, 6) is -0.564. The van der Waals surface area contributed by atoms with E-state index in [1.807, 2.05) is 27.7 Å². The van der Waals surface area contributed by atoms with E-state index in [-0.39, 0.29) is 25.0 Å². The van der Waals surface area contributed by atoms with Crippen molar-refractivity contribution in [2.45, 2.75) is 83.2 Å². The summed E-state index contributed by atoms with van der Waals surface area (Å²) in [4.78, 5) is 51.3. The van der Waals surface area contributed by atoms with Crippen LogP contribution >= 0.6 is 0 Å². The van der Waals surface area contributed by atoms with Gasteiger partial charge in [-0.05, 0) is 57.1 Å². The van der Waals surface area contributed by atoms with Gasteiger partial charge in [-0.1, -0.05) is 20.3 Å². The number of aryl methyl sites for hydroxylation is 2. The first-order chi connectivity index (χ1) is 17.4. The van der Waals surface area contributed by atoms with Crippen molar-refractivity contribution < 1.29 is 9.85 Å². The third kappa shape index (κ3) is 8.18. The molecule has 0 amide bonds. The van der Waals surface area contributed by atoms with Crippen LogP contribution in [0.2, 0.25) is 0 Å². The topological polar surface area (TPSA) is 205 Å². The van der Waals surface area contributed by atoms with E-state index in [0.717, 1.165) is 0 Å². The quantitative estimate of drug-likeness (QED) is 0.127. The highest BCUT2D eigenvalue weighted by Gasteiger charge is 2.32. The van der Waals surface area contributed by atoms with Crippen LogP contribution in [0, 0.1) is 30.0 Å². The third-order valence-electron chi connectivity index (χ3n) is 6.44. The first-order valence-electron chi connectivity index (χ1n) is 11.9. The van der Waals surface area contributed by atoms with Gasteiger partial charge >= 0.3 is 11.9 Å². The molecule has 0 aliphatic rings. The fraction of sp³-hybridized carbons (Fsp3) is 0.714. The van der Waals surface area contributed by atoms with Gasteiger partial charge in [0.25, 0.3) is 0 Å². The number of hydrogen-bond acceptors (Lipinski definition) is 12. The summed E-state index contributed by atoms with van der Waals surface area (Å²) >= 11 is 0. The van der Waals surface area contributed by atoms with Gasteiger partial charge in [0.1, 0.15) is 36.9 Å². The molecule has 0 saturated heterocycles. The Hall–Kier alpha value is -3.66. The molecule has 0 aliphatic carbocycles. The predicted molar refractivity (Wildman–Crippen MR) is 135 cm³/mol. The summed E-state index contributed by atoms with van der Waals surface area (Å²) in [5, 5.41) is 35.2. The highest BCUT2D eigenvalue weighted by atomic mass is 16.6. The molecule has 2 atom stereocenters. The van der Waals surface area contributed by atoms with Gasteiger partial charge in [-0.25, -0.2) is 9.13 Å². The molecule has 0 radical (unpaired) electrons. The standard InChI is InChI=1S/C21H34N10O6/c1-20(2,16(26-32)6-12-28-14-10-22-18(28)30(34)35)24-8-5-9-25-21(3,4)17(27-33)7-13-29-15-11-23-19(29)31(36)37/h10-11,14-17,24-25H,5-9,12-13H2,1-4H3. The van der Waals surface area contributed by atoms with Gasteiger partial charge in [0.15, 0.2) is 0 Å². The maximum Gasteiger partial charge on any atom is 0.434 e. The molecule has 16 nitrogen and oxygen atoms in total. The van der Waals surface area contributed by atoms with E-state index < -0.39 is 33.0 Å². The lowest BCUT2D eigenvalue weighted by atomic mass is 9.91.